The average molecular weight is 401 g/mol. The van der Waals surface area contributed by atoms with E-state index >= 15 is 0 Å². The minimum atomic E-state index is -0.450. The smallest absolute Gasteiger partial charge is 0.139 e. The molecule has 0 heterocycles. The van der Waals surface area contributed by atoms with Gasteiger partial charge in [-0.15, -0.1) is 0 Å². The van der Waals surface area contributed by atoms with Gasteiger partial charge in [-0.1, -0.05) is 63.4 Å². The topological polar surface area (TPSA) is 0 Å². The first-order valence-electron chi connectivity index (χ1n) is 12.1. The molecule has 0 saturated heterocycles. The maximum absolute atomic E-state index is 14.1. The molecule has 2 fully saturated rings. The number of benzene rings is 1. The van der Waals surface area contributed by atoms with Gasteiger partial charge in [0.25, 0.3) is 0 Å². The number of rotatable bonds is 7. The van der Waals surface area contributed by atoms with E-state index in [9.17, 15) is 8.78 Å². The molecule has 0 unspecified atom stereocenters. The predicted molar refractivity (Wildman–Crippen MR) is 118 cm³/mol. The van der Waals surface area contributed by atoms with Crippen LogP contribution in [0, 0.1) is 41.3 Å². The van der Waals surface area contributed by atoms with E-state index in [-0.39, 0.29) is 12.2 Å². The Labute approximate surface area is 176 Å². The first-order chi connectivity index (χ1) is 14.2. The zero-order chi connectivity index (χ0) is 20.5. The van der Waals surface area contributed by atoms with Crippen LogP contribution in [0.4, 0.5) is 8.78 Å². The molecule has 0 bridgehead atoms. The van der Waals surface area contributed by atoms with Crippen molar-refractivity contribution in [1.82, 2.24) is 0 Å². The summed E-state index contributed by atoms with van der Waals surface area (Å²) in [6, 6.07) is 4.93. The lowest BCUT2D eigenvalue weighted by molar-refractivity contribution is 0.153. The van der Waals surface area contributed by atoms with Crippen LogP contribution < -0.4 is 0 Å². The summed E-state index contributed by atoms with van der Waals surface area (Å²) < 4.78 is 26.5. The molecule has 0 aromatic heterocycles. The van der Waals surface area contributed by atoms with Gasteiger partial charge in [0, 0.05) is 12.3 Å². The van der Waals surface area contributed by atoms with Crippen molar-refractivity contribution in [2.45, 2.75) is 90.4 Å². The number of hydrogen-bond donors (Lipinski definition) is 0. The summed E-state index contributed by atoms with van der Waals surface area (Å²) in [7, 11) is 0. The van der Waals surface area contributed by atoms with Gasteiger partial charge in [-0.3, -0.25) is 4.39 Å². The molecule has 2 saturated carbocycles. The van der Waals surface area contributed by atoms with Crippen LogP contribution in [-0.4, -0.2) is 6.67 Å². The van der Waals surface area contributed by atoms with Crippen LogP contribution in [0.3, 0.4) is 0 Å². The molecule has 0 amide bonds. The molecular formula is C27H38F2. The largest absolute Gasteiger partial charge is 0.251 e. The van der Waals surface area contributed by atoms with E-state index in [0.29, 0.717) is 17.0 Å². The van der Waals surface area contributed by atoms with Crippen molar-refractivity contribution in [3.63, 3.8) is 0 Å². The number of aryl methyl sites for hydroxylation is 1. The Hall–Kier alpha value is -1.36. The first kappa shape index (κ1) is 22.3. The Balaban J connectivity index is 1.42. The Morgan fingerprint density at radius 2 is 1.62 bits per heavy atom. The van der Waals surface area contributed by atoms with Crippen LogP contribution in [0.5, 0.6) is 0 Å². The molecule has 2 aliphatic carbocycles. The number of unbranched alkanes of at least 4 members (excludes halogenated alkanes) is 2. The molecule has 0 N–H and O–H groups in total. The lowest BCUT2D eigenvalue weighted by atomic mass is 9.69. The lowest BCUT2D eigenvalue weighted by Crippen LogP contribution is -2.25. The van der Waals surface area contributed by atoms with Gasteiger partial charge in [-0.2, -0.15) is 0 Å². The summed E-state index contributed by atoms with van der Waals surface area (Å²) in [5.41, 5.74) is 1.16. The summed E-state index contributed by atoms with van der Waals surface area (Å²) in [4.78, 5) is 0. The van der Waals surface area contributed by atoms with Gasteiger partial charge in [0.2, 0.25) is 0 Å². The van der Waals surface area contributed by atoms with E-state index in [1.807, 2.05) is 0 Å². The number of hydrogen-bond acceptors (Lipinski definition) is 0. The molecule has 0 aliphatic heterocycles. The van der Waals surface area contributed by atoms with E-state index in [1.54, 1.807) is 12.1 Å². The minimum absolute atomic E-state index is 0.273. The molecule has 29 heavy (non-hydrogen) atoms. The lowest BCUT2D eigenvalue weighted by Gasteiger charge is -2.37. The second-order valence-corrected chi connectivity index (χ2v) is 9.41. The highest BCUT2D eigenvalue weighted by atomic mass is 19.1. The summed E-state index contributed by atoms with van der Waals surface area (Å²) in [6.07, 6.45) is 16.6. The van der Waals surface area contributed by atoms with Gasteiger partial charge in [0.15, 0.2) is 0 Å². The summed E-state index contributed by atoms with van der Waals surface area (Å²) >= 11 is 0. The Morgan fingerprint density at radius 1 is 0.931 bits per heavy atom. The minimum Gasteiger partial charge on any atom is -0.251 e. The molecular weight excluding hydrogens is 362 g/mol. The van der Waals surface area contributed by atoms with Crippen molar-refractivity contribution >= 4 is 0 Å². The second-order valence-electron chi connectivity index (χ2n) is 9.41. The van der Waals surface area contributed by atoms with Crippen molar-refractivity contribution in [3.05, 3.63) is 35.1 Å². The molecule has 2 aliphatic rings. The van der Waals surface area contributed by atoms with Crippen LogP contribution in [0.25, 0.3) is 0 Å². The SMILES string of the molecule is CCCCC[C@H]1CC[C@H]([C@H]2CC[C@H](C#Cc3ccc(CCF)cc3F)CC2)CC1. The molecule has 160 valence electrons. The van der Waals surface area contributed by atoms with Crippen molar-refractivity contribution in [3.8, 4) is 11.8 Å². The molecule has 2 heteroatoms. The zero-order valence-corrected chi connectivity index (χ0v) is 18.2. The van der Waals surface area contributed by atoms with Crippen molar-refractivity contribution in [2.75, 3.05) is 6.67 Å². The fourth-order valence-corrected chi connectivity index (χ4v) is 5.47. The molecule has 0 atom stereocenters. The quantitative estimate of drug-likeness (QED) is 0.322. The fraction of sp³-hybridized carbons (Fsp3) is 0.704. The first-order valence-corrected chi connectivity index (χ1v) is 12.1. The molecule has 3 rings (SSSR count). The monoisotopic (exact) mass is 400 g/mol. The van der Waals surface area contributed by atoms with Gasteiger partial charge >= 0.3 is 0 Å². The van der Waals surface area contributed by atoms with E-state index < -0.39 is 6.67 Å². The van der Waals surface area contributed by atoms with Gasteiger partial charge in [-0.05, 0) is 74.0 Å². The molecule has 0 nitrogen and oxygen atoms in total. The zero-order valence-electron chi connectivity index (χ0n) is 18.2. The normalized spacial score (nSPS) is 27.3. The van der Waals surface area contributed by atoms with Crippen molar-refractivity contribution in [1.29, 1.82) is 0 Å². The highest BCUT2D eigenvalue weighted by molar-refractivity contribution is 5.38. The maximum atomic E-state index is 14.1. The molecule has 0 spiro atoms. The van der Waals surface area contributed by atoms with E-state index in [1.165, 1.54) is 70.3 Å². The Morgan fingerprint density at radius 3 is 2.24 bits per heavy atom. The Kier molecular flexibility index (Phi) is 9.03. The Bertz CT molecular complexity index is 668. The van der Waals surface area contributed by atoms with E-state index in [2.05, 4.69) is 18.8 Å². The van der Waals surface area contributed by atoms with E-state index in [4.69, 9.17) is 0 Å². The molecule has 1 aromatic carbocycles. The summed E-state index contributed by atoms with van der Waals surface area (Å²) in [5, 5.41) is 0. The van der Waals surface area contributed by atoms with Crippen LogP contribution in [-0.2, 0) is 6.42 Å². The fourth-order valence-electron chi connectivity index (χ4n) is 5.47. The standard InChI is InChI=1S/C27H38F2/c1-2-3-4-5-21-6-12-24(13-7-21)25-14-8-22(9-15-25)10-16-26-17-11-23(18-19-28)20-27(26)29/h11,17,20-22,24-25H,2-9,12-15,18-19H2,1H3/t21-,22-,24-,25-. The van der Waals surface area contributed by atoms with Gasteiger partial charge < -0.3 is 0 Å². The third-order valence-corrected chi connectivity index (χ3v) is 7.37. The van der Waals surface area contributed by atoms with Crippen molar-refractivity contribution < 1.29 is 8.78 Å². The summed E-state index contributed by atoms with van der Waals surface area (Å²) in [5.74, 6) is 9.29. The average Bonchev–Trinajstić information content (AvgIpc) is 2.75. The molecule has 0 radical (unpaired) electrons. The summed E-state index contributed by atoms with van der Waals surface area (Å²) in [6.45, 7) is 1.84. The van der Waals surface area contributed by atoms with Gasteiger partial charge in [0.1, 0.15) is 5.82 Å². The van der Waals surface area contributed by atoms with Crippen LogP contribution in [0.2, 0.25) is 0 Å². The molecule has 1 aromatic rings. The number of alkyl halides is 1. The highest BCUT2D eigenvalue weighted by Crippen LogP contribution is 2.42. The highest BCUT2D eigenvalue weighted by Gasteiger charge is 2.30. The second kappa shape index (κ2) is 11.7. The van der Waals surface area contributed by atoms with Gasteiger partial charge in [-0.25, -0.2) is 4.39 Å². The maximum Gasteiger partial charge on any atom is 0.139 e. The van der Waals surface area contributed by atoms with Crippen molar-refractivity contribution in [2.24, 2.45) is 23.7 Å². The third-order valence-electron chi connectivity index (χ3n) is 7.37. The predicted octanol–water partition coefficient (Wildman–Crippen LogP) is 7.88. The van der Waals surface area contributed by atoms with Crippen LogP contribution >= 0.6 is 0 Å². The van der Waals surface area contributed by atoms with Crippen LogP contribution in [0.1, 0.15) is 95.1 Å². The van der Waals surface area contributed by atoms with Gasteiger partial charge in [0.05, 0.1) is 12.2 Å². The van der Waals surface area contributed by atoms with Crippen LogP contribution in [0.15, 0.2) is 18.2 Å². The third kappa shape index (κ3) is 6.84. The van der Waals surface area contributed by atoms with E-state index in [0.717, 1.165) is 30.6 Å². The number of halogens is 2.